The van der Waals surface area contributed by atoms with Crippen LogP contribution in [0.1, 0.15) is 25.0 Å². The van der Waals surface area contributed by atoms with Crippen molar-refractivity contribution in [1.29, 1.82) is 0 Å². The summed E-state index contributed by atoms with van der Waals surface area (Å²) in [7, 11) is 0. The number of hydrogen-bond donors (Lipinski definition) is 0. The van der Waals surface area contributed by atoms with Crippen molar-refractivity contribution >= 4 is 21.8 Å². The van der Waals surface area contributed by atoms with Gasteiger partial charge in [0.05, 0.1) is 11.0 Å². The molecule has 0 aliphatic carbocycles. The molecule has 1 saturated heterocycles. The molecule has 2 aromatic heterocycles. The SMILES string of the molecule is CCn1c(=O)c(CN2CCN(Cc3cc4ccccc4n(CC)c3=O)CC2)cc2ccccc21. The van der Waals surface area contributed by atoms with Crippen LogP contribution in [0, 0.1) is 0 Å². The van der Waals surface area contributed by atoms with Gasteiger partial charge in [0.2, 0.25) is 0 Å². The predicted octanol–water partition coefficient (Wildman–Crippen LogP) is 3.67. The highest BCUT2D eigenvalue weighted by molar-refractivity contribution is 5.80. The fourth-order valence-corrected chi connectivity index (χ4v) is 5.22. The van der Waals surface area contributed by atoms with E-state index in [9.17, 15) is 9.59 Å². The summed E-state index contributed by atoms with van der Waals surface area (Å²) >= 11 is 0. The number of piperazine rings is 1. The van der Waals surface area contributed by atoms with E-state index in [1.807, 2.05) is 59.4 Å². The molecule has 5 rings (SSSR count). The van der Waals surface area contributed by atoms with E-state index >= 15 is 0 Å². The molecule has 0 bridgehead atoms. The van der Waals surface area contributed by atoms with Crippen LogP contribution in [0.4, 0.5) is 0 Å². The molecule has 0 atom stereocenters. The first-order valence-electron chi connectivity index (χ1n) is 12.3. The summed E-state index contributed by atoms with van der Waals surface area (Å²) in [6, 6.07) is 20.3. The lowest BCUT2D eigenvalue weighted by Gasteiger charge is -2.34. The van der Waals surface area contributed by atoms with Crippen molar-refractivity contribution in [1.82, 2.24) is 18.9 Å². The Morgan fingerprint density at radius 3 is 1.38 bits per heavy atom. The topological polar surface area (TPSA) is 50.5 Å². The molecular formula is C28H32N4O2. The van der Waals surface area contributed by atoms with E-state index in [1.54, 1.807) is 0 Å². The number of hydrogen-bond acceptors (Lipinski definition) is 4. The molecule has 176 valence electrons. The Balaban J connectivity index is 1.30. The molecule has 0 amide bonds. The fraction of sp³-hybridized carbons (Fsp3) is 0.357. The summed E-state index contributed by atoms with van der Waals surface area (Å²) in [6.07, 6.45) is 0. The summed E-state index contributed by atoms with van der Waals surface area (Å²) < 4.78 is 3.75. The van der Waals surface area contributed by atoms with Crippen molar-refractivity contribution < 1.29 is 0 Å². The molecule has 1 aliphatic heterocycles. The van der Waals surface area contributed by atoms with Gasteiger partial charge in [0.15, 0.2) is 0 Å². The van der Waals surface area contributed by atoms with Gasteiger partial charge < -0.3 is 9.13 Å². The van der Waals surface area contributed by atoms with Crippen molar-refractivity contribution in [2.24, 2.45) is 0 Å². The second-order valence-corrected chi connectivity index (χ2v) is 9.11. The van der Waals surface area contributed by atoms with E-state index in [0.717, 1.165) is 59.1 Å². The molecule has 0 saturated carbocycles. The number of benzene rings is 2. The van der Waals surface area contributed by atoms with Crippen LogP contribution < -0.4 is 11.1 Å². The predicted molar refractivity (Wildman–Crippen MR) is 138 cm³/mol. The molecule has 0 spiro atoms. The highest BCUT2D eigenvalue weighted by Crippen LogP contribution is 2.17. The normalized spacial score (nSPS) is 15.4. The third kappa shape index (κ3) is 4.19. The Morgan fingerprint density at radius 2 is 1.00 bits per heavy atom. The Kier molecular flexibility index (Phi) is 6.35. The van der Waals surface area contributed by atoms with Crippen LogP contribution in [0.25, 0.3) is 21.8 Å². The van der Waals surface area contributed by atoms with E-state index in [0.29, 0.717) is 26.2 Å². The highest BCUT2D eigenvalue weighted by Gasteiger charge is 2.20. The maximum atomic E-state index is 13.1. The van der Waals surface area contributed by atoms with Crippen LogP contribution in [-0.2, 0) is 26.2 Å². The first-order chi connectivity index (χ1) is 16.6. The van der Waals surface area contributed by atoms with Crippen LogP contribution >= 0.6 is 0 Å². The van der Waals surface area contributed by atoms with Gasteiger partial charge in [-0.05, 0) is 48.9 Å². The van der Waals surface area contributed by atoms with Gasteiger partial charge in [-0.3, -0.25) is 19.4 Å². The lowest BCUT2D eigenvalue weighted by atomic mass is 10.1. The number of para-hydroxylation sites is 2. The lowest BCUT2D eigenvalue weighted by Crippen LogP contribution is -2.46. The van der Waals surface area contributed by atoms with Crippen LogP contribution in [0.5, 0.6) is 0 Å². The molecule has 0 unspecified atom stereocenters. The molecule has 4 aromatic rings. The second kappa shape index (κ2) is 9.57. The molecule has 1 fully saturated rings. The maximum absolute atomic E-state index is 13.1. The van der Waals surface area contributed by atoms with Crippen molar-refractivity contribution in [3.8, 4) is 0 Å². The monoisotopic (exact) mass is 456 g/mol. The number of fused-ring (bicyclic) bond motifs is 2. The van der Waals surface area contributed by atoms with Gasteiger partial charge in [-0.1, -0.05) is 36.4 Å². The van der Waals surface area contributed by atoms with Gasteiger partial charge in [-0.2, -0.15) is 0 Å². The quantitative estimate of drug-likeness (QED) is 0.444. The second-order valence-electron chi connectivity index (χ2n) is 9.11. The van der Waals surface area contributed by atoms with Crippen LogP contribution in [0.3, 0.4) is 0 Å². The highest BCUT2D eigenvalue weighted by atomic mass is 16.1. The lowest BCUT2D eigenvalue weighted by molar-refractivity contribution is 0.121. The number of aryl methyl sites for hydroxylation is 2. The Hall–Kier alpha value is -3.22. The first kappa shape index (κ1) is 22.6. The standard InChI is InChI=1S/C28H32N4O2/c1-3-31-25-11-7-5-9-21(25)17-23(27(31)33)19-29-13-15-30(16-14-29)20-24-18-22-10-6-8-12-26(22)32(4-2)28(24)34/h5-12,17-18H,3-4,13-16,19-20H2,1-2H3. The third-order valence-corrected chi connectivity index (χ3v) is 7.04. The molecule has 1 aliphatic rings. The number of rotatable bonds is 6. The molecule has 34 heavy (non-hydrogen) atoms. The molecule has 3 heterocycles. The van der Waals surface area contributed by atoms with E-state index in [4.69, 9.17) is 0 Å². The van der Waals surface area contributed by atoms with Crippen LogP contribution in [0.15, 0.2) is 70.3 Å². The summed E-state index contributed by atoms with van der Waals surface area (Å²) in [4.78, 5) is 30.9. The van der Waals surface area contributed by atoms with Gasteiger partial charge in [0.25, 0.3) is 11.1 Å². The summed E-state index contributed by atoms with van der Waals surface area (Å²) in [5, 5.41) is 2.22. The van der Waals surface area contributed by atoms with Gasteiger partial charge in [-0.15, -0.1) is 0 Å². The smallest absolute Gasteiger partial charge is 0.255 e. The van der Waals surface area contributed by atoms with Crippen LogP contribution in [-0.4, -0.2) is 45.1 Å². The molecular weight excluding hydrogens is 424 g/mol. The minimum Gasteiger partial charge on any atom is -0.308 e. The van der Waals surface area contributed by atoms with E-state index in [2.05, 4.69) is 34.1 Å². The van der Waals surface area contributed by atoms with Gasteiger partial charge >= 0.3 is 0 Å². The van der Waals surface area contributed by atoms with E-state index in [1.165, 1.54) is 0 Å². The Labute approximate surface area is 199 Å². The van der Waals surface area contributed by atoms with Gasteiger partial charge in [0.1, 0.15) is 0 Å². The molecule has 0 radical (unpaired) electrons. The van der Waals surface area contributed by atoms with Crippen molar-refractivity contribution in [3.63, 3.8) is 0 Å². The first-order valence-corrected chi connectivity index (χ1v) is 12.3. The molecule has 2 aromatic carbocycles. The minimum atomic E-state index is 0.111. The van der Waals surface area contributed by atoms with Crippen molar-refractivity contribution in [2.75, 3.05) is 26.2 Å². The number of pyridine rings is 2. The van der Waals surface area contributed by atoms with Gasteiger partial charge in [-0.25, -0.2) is 0 Å². The zero-order valence-corrected chi connectivity index (χ0v) is 20.0. The summed E-state index contributed by atoms with van der Waals surface area (Å²) in [6.45, 7) is 10.2. The average molecular weight is 457 g/mol. The molecule has 6 heteroatoms. The maximum Gasteiger partial charge on any atom is 0.255 e. The van der Waals surface area contributed by atoms with E-state index in [-0.39, 0.29) is 11.1 Å². The van der Waals surface area contributed by atoms with Crippen molar-refractivity contribution in [2.45, 2.75) is 40.0 Å². The van der Waals surface area contributed by atoms with Crippen molar-refractivity contribution in [3.05, 3.63) is 92.5 Å². The summed E-state index contributed by atoms with van der Waals surface area (Å²) in [5.74, 6) is 0. The fourth-order valence-electron chi connectivity index (χ4n) is 5.22. The average Bonchev–Trinajstić information content (AvgIpc) is 2.86. The zero-order chi connectivity index (χ0) is 23.7. The van der Waals surface area contributed by atoms with E-state index < -0.39 is 0 Å². The Morgan fingerprint density at radius 1 is 0.618 bits per heavy atom. The zero-order valence-electron chi connectivity index (χ0n) is 20.0. The van der Waals surface area contributed by atoms with Crippen LogP contribution in [0.2, 0.25) is 0 Å². The summed E-state index contributed by atoms with van der Waals surface area (Å²) in [5.41, 5.74) is 3.93. The molecule has 6 nitrogen and oxygen atoms in total. The molecule has 0 N–H and O–H groups in total. The van der Waals surface area contributed by atoms with Gasteiger partial charge in [0, 0.05) is 63.5 Å². The largest absolute Gasteiger partial charge is 0.308 e. The third-order valence-electron chi connectivity index (χ3n) is 7.04. The Bertz CT molecular complexity index is 1330. The number of aromatic nitrogens is 2. The number of nitrogens with zero attached hydrogens (tertiary/aromatic N) is 4. The minimum absolute atomic E-state index is 0.111.